The zero-order chi connectivity index (χ0) is 16.2. The third-order valence-electron chi connectivity index (χ3n) is 3.46. The van der Waals surface area contributed by atoms with Gasteiger partial charge in [0.1, 0.15) is 6.33 Å². The van der Waals surface area contributed by atoms with Crippen LogP contribution in [0, 0.1) is 0 Å². The topological polar surface area (TPSA) is 77.3 Å². The van der Waals surface area contributed by atoms with E-state index in [-0.39, 0.29) is 0 Å². The fourth-order valence-electron chi connectivity index (χ4n) is 2.32. The lowest BCUT2D eigenvalue weighted by Crippen LogP contribution is -1.97. The lowest BCUT2D eigenvalue weighted by Gasteiger charge is -2.08. The summed E-state index contributed by atoms with van der Waals surface area (Å²) in [6.07, 6.45) is 11.9. The van der Waals surface area contributed by atoms with Gasteiger partial charge in [-0.2, -0.15) is 0 Å². The van der Waals surface area contributed by atoms with E-state index in [9.17, 15) is 0 Å². The van der Waals surface area contributed by atoms with Gasteiger partial charge in [-0.15, -0.1) is 0 Å². The average Bonchev–Trinajstić information content (AvgIpc) is 2.70. The van der Waals surface area contributed by atoms with Crippen LogP contribution in [0.25, 0.3) is 33.9 Å². The SMILES string of the molecule is c1cncc(-c2cc(-c3cccnc3)nc(-c3cncnc3)n2)c1. The lowest BCUT2D eigenvalue weighted by atomic mass is 10.1. The summed E-state index contributed by atoms with van der Waals surface area (Å²) in [6.45, 7) is 0. The molecule has 4 heterocycles. The first-order valence-corrected chi connectivity index (χ1v) is 7.35. The number of aromatic nitrogens is 6. The van der Waals surface area contributed by atoms with Crippen LogP contribution in [0.2, 0.25) is 0 Å². The highest BCUT2D eigenvalue weighted by atomic mass is 14.9. The first kappa shape index (κ1) is 14.1. The molecule has 0 saturated carbocycles. The Balaban J connectivity index is 1.92. The zero-order valence-corrected chi connectivity index (χ0v) is 12.6. The van der Waals surface area contributed by atoms with E-state index in [1.165, 1.54) is 6.33 Å². The smallest absolute Gasteiger partial charge is 0.163 e. The lowest BCUT2D eigenvalue weighted by molar-refractivity contribution is 1.12. The molecule has 4 aromatic rings. The molecule has 0 unspecified atom stereocenters. The van der Waals surface area contributed by atoms with Crippen LogP contribution in [0.1, 0.15) is 0 Å². The number of hydrogen-bond donors (Lipinski definition) is 0. The third-order valence-corrected chi connectivity index (χ3v) is 3.46. The minimum absolute atomic E-state index is 0.566. The Morgan fingerprint density at radius 3 is 1.62 bits per heavy atom. The van der Waals surface area contributed by atoms with Crippen molar-refractivity contribution in [3.05, 3.63) is 73.8 Å². The average molecular weight is 312 g/mol. The molecule has 0 aliphatic rings. The van der Waals surface area contributed by atoms with Crippen LogP contribution >= 0.6 is 0 Å². The Bertz CT molecular complexity index is 803. The van der Waals surface area contributed by atoms with Crippen molar-refractivity contribution in [1.82, 2.24) is 29.9 Å². The Kier molecular flexibility index (Phi) is 3.69. The van der Waals surface area contributed by atoms with Gasteiger partial charge in [0.25, 0.3) is 0 Å². The highest BCUT2D eigenvalue weighted by molar-refractivity contribution is 5.70. The molecule has 0 fully saturated rings. The molecule has 6 nitrogen and oxygen atoms in total. The summed E-state index contributed by atoms with van der Waals surface area (Å²) in [5.41, 5.74) is 4.17. The van der Waals surface area contributed by atoms with Crippen molar-refractivity contribution < 1.29 is 0 Å². The second-order valence-corrected chi connectivity index (χ2v) is 5.07. The molecule has 0 aliphatic carbocycles. The first-order chi connectivity index (χ1) is 11.9. The molecule has 0 spiro atoms. The van der Waals surface area contributed by atoms with Crippen LogP contribution in [0.4, 0.5) is 0 Å². The van der Waals surface area contributed by atoms with Crippen molar-refractivity contribution in [1.29, 1.82) is 0 Å². The first-order valence-electron chi connectivity index (χ1n) is 7.35. The van der Waals surface area contributed by atoms with Gasteiger partial charge in [-0.05, 0) is 30.3 Å². The molecule has 24 heavy (non-hydrogen) atoms. The van der Waals surface area contributed by atoms with Crippen molar-refractivity contribution in [3.63, 3.8) is 0 Å². The number of rotatable bonds is 3. The van der Waals surface area contributed by atoms with E-state index in [4.69, 9.17) is 0 Å². The molecule has 0 aliphatic heterocycles. The van der Waals surface area contributed by atoms with Gasteiger partial charge in [-0.25, -0.2) is 19.9 Å². The molecule has 0 N–H and O–H groups in total. The summed E-state index contributed by atoms with van der Waals surface area (Å²) >= 11 is 0. The maximum Gasteiger partial charge on any atom is 0.163 e. The maximum absolute atomic E-state index is 4.65. The summed E-state index contributed by atoms with van der Waals surface area (Å²) in [6, 6.07) is 9.63. The Morgan fingerprint density at radius 2 is 1.12 bits per heavy atom. The second-order valence-electron chi connectivity index (χ2n) is 5.07. The Morgan fingerprint density at radius 1 is 0.583 bits per heavy atom. The van der Waals surface area contributed by atoms with Crippen molar-refractivity contribution in [2.75, 3.05) is 0 Å². The molecule has 0 aromatic carbocycles. The zero-order valence-electron chi connectivity index (χ0n) is 12.6. The fraction of sp³-hybridized carbons (Fsp3) is 0. The van der Waals surface area contributed by atoms with Gasteiger partial charge >= 0.3 is 0 Å². The molecule has 114 valence electrons. The molecular formula is C18H12N6. The summed E-state index contributed by atoms with van der Waals surface area (Å²) in [4.78, 5) is 25.7. The normalized spacial score (nSPS) is 10.5. The van der Waals surface area contributed by atoms with Gasteiger partial charge in [0.05, 0.1) is 17.0 Å². The van der Waals surface area contributed by atoms with Gasteiger partial charge < -0.3 is 0 Å². The van der Waals surface area contributed by atoms with Gasteiger partial charge in [-0.1, -0.05) is 0 Å². The Hall–Kier alpha value is -3.54. The summed E-state index contributed by atoms with van der Waals surface area (Å²) in [5, 5.41) is 0. The van der Waals surface area contributed by atoms with Crippen LogP contribution in [0.15, 0.2) is 73.8 Å². The number of nitrogens with zero attached hydrogens (tertiary/aromatic N) is 6. The van der Waals surface area contributed by atoms with Crippen LogP contribution in [-0.4, -0.2) is 29.9 Å². The number of pyridine rings is 2. The third kappa shape index (κ3) is 2.85. The van der Waals surface area contributed by atoms with Gasteiger partial charge in [0.2, 0.25) is 0 Å². The quantitative estimate of drug-likeness (QED) is 0.578. The van der Waals surface area contributed by atoms with E-state index in [0.29, 0.717) is 5.82 Å². The minimum Gasteiger partial charge on any atom is -0.264 e. The van der Waals surface area contributed by atoms with E-state index in [1.54, 1.807) is 37.2 Å². The molecule has 0 radical (unpaired) electrons. The summed E-state index contributed by atoms with van der Waals surface area (Å²) in [7, 11) is 0. The van der Waals surface area contributed by atoms with Crippen LogP contribution < -0.4 is 0 Å². The summed E-state index contributed by atoms with van der Waals surface area (Å²) < 4.78 is 0. The molecule has 0 bridgehead atoms. The van der Waals surface area contributed by atoms with Gasteiger partial charge in [0.15, 0.2) is 5.82 Å². The maximum atomic E-state index is 4.65. The predicted molar refractivity (Wildman–Crippen MR) is 89.5 cm³/mol. The van der Waals surface area contributed by atoms with E-state index in [1.807, 2.05) is 30.3 Å². The second kappa shape index (κ2) is 6.29. The minimum atomic E-state index is 0.566. The Labute approximate surface area is 138 Å². The molecule has 0 amide bonds. The van der Waals surface area contributed by atoms with Gasteiger partial charge in [0, 0.05) is 48.3 Å². The molecule has 6 heteroatoms. The molecular weight excluding hydrogens is 300 g/mol. The van der Waals surface area contributed by atoms with Crippen molar-refractivity contribution >= 4 is 0 Å². The highest BCUT2D eigenvalue weighted by Crippen LogP contribution is 2.25. The van der Waals surface area contributed by atoms with Crippen LogP contribution in [0.5, 0.6) is 0 Å². The number of hydrogen-bond acceptors (Lipinski definition) is 6. The summed E-state index contributed by atoms with van der Waals surface area (Å²) in [5.74, 6) is 0.566. The van der Waals surface area contributed by atoms with Crippen molar-refractivity contribution in [2.24, 2.45) is 0 Å². The largest absolute Gasteiger partial charge is 0.264 e. The molecule has 0 atom stereocenters. The standard InChI is InChI=1S/C18H12N6/c1-3-13(8-19-5-1)16-7-17(14-4-2-6-20-9-14)24-18(23-16)15-10-21-12-22-11-15/h1-12H. The highest BCUT2D eigenvalue weighted by Gasteiger charge is 2.10. The van der Waals surface area contributed by atoms with Crippen molar-refractivity contribution in [2.45, 2.75) is 0 Å². The van der Waals surface area contributed by atoms with E-state index in [2.05, 4.69) is 29.9 Å². The molecule has 0 saturated heterocycles. The van der Waals surface area contributed by atoms with Gasteiger partial charge in [-0.3, -0.25) is 9.97 Å². The van der Waals surface area contributed by atoms with Crippen LogP contribution in [0.3, 0.4) is 0 Å². The molecule has 4 rings (SSSR count). The predicted octanol–water partition coefficient (Wildman–Crippen LogP) is 3.06. The fourth-order valence-corrected chi connectivity index (χ4v) is 2.32. The monoisotopic (exact) mass is 312 g/mol. The molecule has 4 aromatic heterocycles. The van der Waals surface area contributed by atoms with E-state index in [0.717, 1.165) is 28.1 Å². The van der Waals surface area contributed by atoms with E-state index < -0.39 is 0 Å². The van der Waals surface area contributed by atoms with E-state index >= 15 is 0 Å². The van der Waals surface area contributed by atoms with Crippen LogP contribution in [-0.2, 0) is 0 Å². The van der Waals surface area contributed by atoms with Crippen molar-refractivity contribution in [3.8, 4) is 33.9 Å².